The molecule has 5 heteroatoms. The molecule has 3 rings (SSSR count). The van der Waals surface area contributed by atoms with E-state index < -0.39 is 0 Å². The summed E-state index contributed by atoms with van der Waals surface area (Å²) in [6, 6.07) is 5.98. The highest BCUT2D eigenvalue weighted by molar-refractivity contribution is 7.10. The lowest BCUT2D eigenvalue weighted by atomic mass is 9.96. The minimum Gasteiger partial charge on any atom is -0.493 e. The third-order valence-electron chi connectivity index (χ3n) is 4.91. The van der Waals surface area contributed by atoms with Gasteiger partial charge in [0.1, 0.15) is 0 Å². The van der Waals surface area contributed by atoms with E-state index >= 15 is 0 Å². The molecule has 0 saturated carbocycles. The number of thiophene rings is 1. The summed E-state index contributed by atoms with van der Waals surface area (Å²) in [4.78, 5) is 16.7. The first kappa shape index (κ1) is 18.5. The zero-order valence-corrected chi connectivity index (χ0v) is 16.4. The summed E-state index contributed by atoms with van der Waals surface area (Å²) in [5.41, 5.74) is 2.84. The molecular weight excluding hydrogens is 346 g/mol. The van der Waals surface area contributed by atoms with Gasteiger partial charge < -0.3 is 14.4 Å². The van der Waals surface area contributed by atoms with Crippen molar-refractivity contribution in [3.8, 4) is 11.5 Å². The molecule has 2 aromatic rings. The SMILES string of the molecule is C=CCc1cc(C(=O)N2CCc3sccc3C2CC)cc(OC)c1OC. The van der Waals surface area contributed by atoms with Crippen molar-refractivity contribution in [3.63, 3.8) is 0 Å². The Kier molecular flexibility index (Phi) is 5.67. The summed E-state index contributed by atoms with van der Waals surface area (Å²) >= 11 is 1.79. The van der Waals surface area contributed by atoms with Crippen LogP contribution in [0.4, 0.5) is 0 Å². The number of carbonyl (C=O) groups is 1. The minimum atomic E-state index is 0.0416. The number of rotatable bonds is 6. The second-order valence-electron chi connectivity index (χ2n) is 6.34. The Morgan fingerprint density at radius 3 is 2.85 bits per heavy atom. The largest absolute Gasteiger partial charge is 0.493 e. The number of hydrogen-bond acceptors (Lipinski definition) is 4. The van der Waals surface area contributed by atoms with Crippen molar-refractivity contribution in [2.24, 2.45) is 0 Å². The van der Waals surface area contributed by atoms with Crippen LogP contribution >= 0.6 is 11.3 Å². The summed E-state index contributed by atoms with van der Waals surface area (Å²) in [6.45, 7) is 6.69. The second kappa shape index (κ2) is 7.96. The number of benzene rings is 1. The smallest absolute Gasteiger partial charge is 0.254 e. The van der Waals surface area contributed by atoms with Crippen molar-refractivity contribution < 1.29 is 14.3 Å². The number of ether oxygens (including phenoxy) is 2. The fourth-order valence-corrected chi connectivity index (χ4v) is 4.65. The molecule has 2 heterocycles. The molecule has 0 saturated heterocycles. The number of allylic oxidation sites excluding steroid dienone is 1. The molecule has 0 aliphatic carbocycles. The van der Waals surface area contributed by atoms with Crippen LogP contribution in [0.15, 0.2) is 36.2 Å². The van der Waals surface area contributed by atoms with Crippen LogP contribution in [-0.2, 0) is 12.8 Å². The molecule has 0 spiro atoms. The third kappa shape index (κ3) is 3.23. The van der Waals surface area contributed by atoms with Crippen LogP contribution in [-0.4, -0.2) is 31.6 Å². The standard InChI is InChI=1S/C21H25NO3S/c1-5-7-14-12-15(13-18(24-3)20(14)25-4)21(23)22-10-8-19-16(9-11-26-19)17(22)6-2/h5,9,11-13,17H,1,6-8,10H2,2-4H3. The van der Waals surface area contributed by atoms with E-state index in [9.17, 15) is 4.79 Å². The van der Waals surface area contributed by atoms with Gasteiger partial charge in [-0.25, -0.2) is 0 Å². The van der Waals surface area contributed by atoms with E-state index in [2.05, 4.69) is 24.9 Å². The van der Waals surface area contributed by atoms with Gasteiger partial charge in [0.15, 0.2) is 11.5 Å². The van der Waals surface area contributed by atoms with E-state index in [0.717, 1.165) is 24.9 Å². The summed E-state index contributed by atoms with van der Waals surface area (Å²) in [6.07, 6.45) is 4.25. The van der Waals surface area contributed by atoms with E-state index in [-0.39, 0.29) is 11.9 Å². The van der Waals surface area contributed by atoms with Gasteiger partial charge in [0.05, 0.1) is 20.3 Å². The number of amides is 1. The summed E-state index contributed by atoms with van der Waals surface area (Å²) in [5.74, 6) is 1.28. The van der Waals surface area contributed by atoms with Gasteiger partial charge in [-0.15, -0.1) is 17.9 Å². The van der Waals surface area contributed by atoms with Gasteiger partial charge in [-0.2, -0.15) is 0 Å². The third-order valence-corrected chi connectivity index (χ3v) is 5.91. The first-order valence-corrected chi connectivity index (χ1v) is 9.75. The Labute approximate surface area is 159 Å². The molecule has 0 bridgehead atoms. The lowest BCUT2D eigenvalue weighted by Crippen LogP contribution is -2.39. The zero-order chi connectivity index (χ0) is 18.7. The number of fused-ring (bicyclic) bond motifs is 1. The van der Waals surface area contributed by atoms with Crippen molar-refractivity contribution in [1.82, 2.24) is 4.90 Å². The zero-order valence-electron chi connectivity index (χ0n) is 15.6. The number of methoxy groups -OCH3 is 2. The van der Waals surface area contributed by atoms with Crippen LogP contribution in [0.2, 0.25) is 0 Å². The van der Waals surface area contributed by atoms with Gasteiger partial charge in [0, 0.05) is 22.5 Å². The molecule has 0 fully saturated rings. The first-order valence-electron chi connectivity index (χ1n) is 8.87. The predicted molar refractivity (Wildman–Crippen MR) is 106 cm³/mol. The van der Waals surface area contributed by atoms with Crippen LogP contribution < -0.4 is 9.47 Å². The highest BCUT2D eigenvalue weighted by atomic mass is 32.1. The molecule has 1 amide bonds. The molecule has 138 valence electrons. The van der Waals surface area contributed by atoms with E-state index in [0.29, 0.717) is 23.5 Å². The number of carbonyl (C=O) groups excluding carboxylic acids is 1. The normalized spacial score (nSPS) is 16.1. The van der Waals surface area contributed by atoms with E-state index in [1.165, 1.54) is 10.4 Å². The van der Waals surface area contributed by atoms with Gasteiger partial charge in [-0.3, -0.25) is 4.79 Å². The van der Waals surface area contributed by atoms with Crippen molar-refractivity contribution in [3.05, 3.63) is 57.8 Å². The van der Waals surface area contributed by atoms with Gasteiger partial charge in [0.2, 0.25) is 0 Å². The summed E-state index contributed by atoms with van der Waals surface area (Å²) in [5, 5.41) is 2.12. The van der Waals surface area contributed by atoms with Crippen molar-refractivity contribution in [1.29, 1.82) is 0 Å². The first-order chi connectivity index (χ1) is 12.6. The van der Waals surface area contributed by atoms with E-state index in [4.69, 9.17) is 9.47 Å². The molecule has 1 aliphatic heterocycles. The van der Waals surface area contributed by atoms with E-state index in [1.807, 2.05) is 11.0 Å². The molecule has 0 N–H and O–H groups in total. The van der Waals surface area contributed by atoms with Gasteiger partial charge >= 0.3 is 0 Å². The fourth-order valence-electron chi connectivity index (χ4n) is 3.72. The molecule has 1 atom stereocenters. The average molecular weight is 372 g/mol. The van der Waals surface area contributed by atoms with Gasteiger partial charge in [0.25, 0.3) is 5.91 Å². The monoisotopic (exact) mass is 371 g/mol. The Bertz CT molecular complexity index is 812. The maximum atomic E-state index is 13.3. The van der Waals surface area contributed by atoms with Crippen LogP contribution in [0.1, 0.15) is 45.7 Å². The van der Waals surface area contributed by atoms with Crippen LogP contribution in [0.5, 0.6) is 11.5 Å². The second-order valence-corrected chi connectivity index (χ2v) is 7.34. The van der Waals surface area contributed by atoms with Crippen LogP contribution in [0.25, 0.3) is 0 Å². The number of nitrogens with zero attached hydrogens (tertiary/aromatic N) is 1. The lowest BCUT2D eigenvalue weighted by molar-refractivity contribution is 0.0657. The maximum Gasteiger partial charge on any atom is 0.254 e. The highest BCUT2D eigenvalue weighted by Gasteiger charge is 2.31. The topological polar surface area (TPSA) is 38.8 Å². The summed E-state index contributed by atoms with van der Waals surface area (Å²) in [7, 11) is 3.21. The Morgan fingerprint density at radius 2 is 2.19 bits per heavy atom. The van der Waals surface area contributed by atoms with Crippen molar-refractivity contribution in [2.75, 3.05) is 20.8 Å². The highest BCUT2D eigenvalue weighted by Crippen LogP contribution is 2.38. The molecule has 1 aromatic carbocycles. The molecule has 1 aliphatic rings. The van der Waals surface area contributed by atoms with Crippen LogP contribution in [0.3, 0.4) is 0 Å². The minimum absolute atomic E-state index is 0.0416. The van der Waals surface area contributed by atoms with Crippen molar-refractivity contribution in [2.45, 2.75) is 32.2 Å². The van der Waals surface area contributed by atoms with Crippen molar-refractivity contribution >= 4 is 17.2 Å². The van der Waals surface area contributed by atoms with Crippen LogP contribution in [0, 0.1) is 0 Å². The molecule has 1 aromatic heterocycles. The predicted octanol–water partition coefficient (Wildman–Crippen LogP) is 4.64. The molecule has 4 nitrogen and oxygen atoms in total. The average Bonchev–Trinajstić information content (AvgIpc) is 3.14. The Balaban J connectivity index is 1.99. The summed E-state index contributed by atoms with van der Waals surface area (Å²) < 4.78 is 11.0. The lowest BCUT2D eigenvalue weighted by Gasteiger charge is -2.35. The number of hydrogen-bond donors (Lipinski definition) is 0. The quantitative estimate of drug-likeness (QED) is 0.694. The maximum absolute atomic E-state index is 13.3. The van der Waals surface area contributed by atoms with Gasteiger partial charge in [-0.1, -0.05) is 13.0 Å². The Hall–Kier alpha value is -2.27. The molecule has 0 radical (unpaired) electrons. The molecular formula is C21H25NO3S. The fraction of sp³-hybridized carbons (Fsp3) is 0.381. The molecule has 26 heavy (non-hydrogen) atoms. The Morgan fingerprint density at radius 1 is 1.38 bits per heavy atom. The van der Waals surface area contributed by atoms with Gasteiger partial charge in [-0.05, 0) is 48.4 Å². The molecule has 1 unspecified atom stereocenters. The van der Waals surface area contributed by atoms with E-state index in [1.54, 1.807) is 37.7 Å².